The van der Waals surface area contributed by atoms with Gasteiger partial charge in [-0.1, -0.05) is 0 Å². The van der Waals surface area contributed by atoms with E-state index in [0.29, 0.717) is 18.0 Å². The summed E-state index contributed by atoms with van der Waals surface area (Å²) in [5.74, 6) is 0.734. The Bertz CT molecular complexity index is 727. The van der Waals surface area contributed by atoms with Gasteiger partial charge >= 0.3 is 0 Å². The van der Waals surface area contributed by atoms with Crippen molar-refractivity contribution in [1.29, 1.82) is 0 Å². The minimum atomic E-state index is -2.18. The smallest absolute Gasteiger partial charge is 0.259 e. The van der Waals surface area contributed by atoms with Crippen LogP contribution in [0.1, 0.15) is 12.5 Å². The molecule has 0 fully saturated rings. The largest absolute Gasteiger partial charge is 0.494 e. The summed E-state index contributed by atoms with van der Waals surface area (Å²) in [6.07, 6.45) is 1.49. The molecule has 1 aromatic heterocycles. The van der Waals surface area contributed by atoms with Crippen molar-refractivity contribution in [2.75, 3.05) is 11.3 Å². The summed E-state index contributed by atoms with van der Waals surface area (Å²) in [6.45, 7) is 4.34. The van der Waals surface area contributed by atoms with Gasteiger partial charge in [0.2, 0.25) is 0 Å². The molecular formula is C14H16N2O4S. The van der Waals surface area contributed by atoms with E-state index in [2.05, 4.69) is 4.72 Å². The summed E-state index contributed by atoms with van der Waals surface area (Å²) in [5, 5.41) is 0. The molecule has 0 saturated heterocycles. The van der Waals surface area contributed by atoms with E-state index in [4.69, 9.17) is 9.29 Å². The number of nitrogens with zero attached hydrogens (tertiary/aromatic N) is 1. The summed E-state index contributed by atoms with van der Waals surface area (Å²) in [6, 6.07) is 8.20. The van der Waals surface area contributed by atoms with Gasteiger partial charge in [-0.15, -0.1) is 0 Å². The second-order valence-corrected chi connectivity index (χ2v) is 5.06. The number of pyridine rings is 1. The number of ether oxygens (including phenoxy) is 1. The van der Waals surface area contributed by atoms with Crippen molar-refractivity contribution < 1.29 is 13.5 Å². The molecule has 2 aromatic rings. The molecular weight excluding hydrogens is 292 g/mol. The predicted octanol–water partition coefficient (Wildman–Crippen LogP) is 2.09. The third-order valence-corrected chi connectivity index (χ3v) is 3.27. The number of aryl methyl sites for hydroxylation is 1. The molecule has 6 nitrogen and oxygen atoms in total. The quantitative estimate of drug-likeness (QED) is 0.829. The Balaban J connectivity index is 2.45. The van der Waals surface area contributed by atoms with Gasteiger partial charge in [0.05, 0.1) is 18.0 Å². The van der Waals surface area contributed by atoms with Crippen LogP contribution in [0.2, 0.25) is 0 Å². The zero-order valence-electron chi connectivity index (χ0n) is 11.7. The van der Waals surface area contributed by atoms with E-state index in [1.54, 1.807) is 12.1 Å². The van der Waals surface area contributed by atoms with Crippen LogP contribution in [0.15, 0.2) is 41.3 Å². The van der Waals surface area contributed by atoms with E-state index in [9.17, 15) is 9.00 Å². The van der Waals surface area contributed by atoms with Gasteiger partial charge in [-0.25, -0.2) is 4.21 Å². The molecule has 21 heavy (non-hydrogen) atoms. The lowest BCUT2D eigenvalue weighted by Crippen LogP contribution is -2.18. The lowest BCUT2D eigenvalue weighted by molar-refractivity contribution is 0.340. The molecule has 0 spiro atoms. The van der Waals surface area contributed by atoms with Crippen molar-refractivity contribution in [3.63, 3.8) is 0 Å². The van der Waals surface area contributed by atoms with Crippen molar-refractivity contribution in [3.05, 3.63) is 52.4 Å². The third kappa shape index (κ3) is 3.71. The zero-order valence-corrected chi connectivity index (χ0v) is 12.5. The van der Waals surface area contributed by atoms with Crippen LogP contribution in [0.5, 0.6) is 5.75 Å². The summed E-state index contributed by atoms with van der Waals surface area (Å²) in [4.78, 5) is 12.0. The molecule has 0 bridgehead atoms. The maximum absolute atomic E-state index is 12.0. The van der Waals surface area contributed by atoms with E-state index in [1.165, 1.54) is 22.9 Å². The molecule has 0 saturated carbocycles. The van der Waals surface area contributed by atoms with Gasteiger partial charge in [-0.3, -0.25) is 18.6 Å². The Kier molecular flexibility index (Phi) is 4.77. The van der Waals surface area contributed by atoms with E-state index in [-0.39, 0.29) is 5.56 Å². The lowest BCUT2D eigenvalue weighted by Gasteiger charge is -2.12. The molecule has 1 aromatic carbocycles. The molecule has 2 N–H and O–H groups in total. The molecule has 0 aliphatic carbocycles. The standard InChI is InChI=1S/C14H16N2O4S/c1-3-20-12-5-6-13(10(2)8-12)16-9-11(15-21(18)19)4-7-14(16)17/h4-9,15H,3H2,1-2H3,(H,18,19). The molecule has 0 amide bonds. The number of hydrogen-bond donors (Lipinski definition) is 2. The van der Waals surface area contributed by atoms with Crippen LogP contribution in [-0.4, -0.2) is 19.9 Å². The molecule has 2 rings (SSSR count). The van der Waals surface area contributed by atoms with Crippen LogP contribution in [0.4, 0.5) is 5.69 Å². The van der Waals surface area contributed by atoms with E-state index in [1.807, 2.05) is 19.9 Å². The second-order valence-electron chi connectivity index (χ2n) is 4.36. The Labute approximate surface area is 124 Å². The Morgan fingerprint density at radius 3 is 2.71 bits per heavy atom. The first kappa shape index (κ1) is 15.3. The van der Waals surface area contributed by atoms with Gasteiger partial charge < -0.3 is 4.74 Å². The van der Waals surface area contributed by atoms with Gasteiger partial charge in [0.15, 0.2) is 0 Å². The van der Waals surface area contributed by atoms with Crippen molar-refractivity contribution in [3.8, 4) is 11.4 Å². The fourth-order valence-electron chi connectivity index (χ4n) is 1.99. The monoisotopic (exact) mass is 308 g/mol. The van der Waals surface area contributed by atoms with Gasteiger partial charge in [-0.05, 0) is 43.7 Å². The van der Waals surface area contributed by atoms with E-state index in [0.717, 1.165) is 11.3 Å². The number of rotatable bonds is 5. The number of nitrogens with one attached hydrogen (secondary N) is 1. The fourth-order valence-corrected chi connectivity index (χ4v) is 2.31. The van der Waals surface area contributed by atoms with Crippen LogP contribution in [0.25, 0.3) is 5.69 Å². The number of benzene rings is 1. The normalized spacial score (nSPS) is 12.0. The molecule has 1 atom stereocenters. The molecule has 112 valence electrons. The van der Waals surface area contributed by atoms with Gasteiger partial charge in [0.1, 0.15) is 5.75 Å². The average molecular weight is 308 g/mol. The fraction of sp³-hybridized carbons (Fsp3) is 0.214. The Morgan fingerprint density at radius 1 is 1.33 bits per heavy atom. The van der Waals surface area contributed by atoms with Crippen LogP contribution >= 0.6 is 0 Å². The maximum atomic E-state index is 12.0. The molecule has 0 aliphatic rings. The first-order valence-corrected chi connectivity index (χ1v) is 7.46. The first-order valence-electron chi connectivity index (χ1n) is 6.35. The van der Waals surface area contributed by atoms with Crippen molar-refractivity contribution >= 4 is 17.0 Å². The van der Waals surface area contributed by atoms with E-state index >= 15 is 0 Å². The highest BCUT2D eigenvalue weighted by Crippen LogP contribution is 2.20. The van der Waals surface area contributed by atoms with Gasteiger partial charge in [0.25, 0.3) is 16.8 Å². The van der Waals surface area contributed by atoms with Gasteiger partial charge in [0, 0.05) is 12.3 Å². The van der Waals surface area contributed by atoms with Crippen LogP contribution < -0.4 is 15.0 Å². The highest BCUT2D eigenvalue weighted by Gasteiger charge is 2.07. The zero-order chi connectivity index (χ0) is 15.4. The van der Waals surface area contributed by atoms with E-state index < -0.39 is 11.3 Å². The Morgan fingerprint density at radius 2 is 2.10 bits per heavy atom. The molecule has 1 unspecified atom stereocenters. The topological polar surface area (TPSA) is 80.6 Å². The van der Waals surface area contributed by atoms with Crippen molar-refractivity contribution in [1.82, 2.24) is 4.57 Å². The number of hydrogen-bond acceptors (Lipinski definition) is 3. The summed E-state index contributed by atoms with van der Waals surface area (Å²) in [5.41, 5.74) is 1.71. The summed E-state index contributed by atoms with van der Waals surface area (Å²) < 4.78 is 28.8. The SMILES string of the molecule is CCOc1ccc(-n2cc(NS(=O)O)ccc2=O)c(C)c1. The second kappa shape index (κ2) is 6.55. The number of aromatic nitrogens is 1. The summed E-state index contributed by atoms with van der Waals surface area (Å²) in [7, 11) is 0. The molecule has 0 aliphatic heterocycles. The minimum Gasteiger partial charge on any atom is -0.494 e. The van der Waals surface area contributed by atoms with Crippen molar-refractivity contribution in [2.45, 2.75) is 13.8 Å². The highest BCUT2D eigenvalue weighted by atomic mass is 32.2. The molecule has 7 heteroatoms. The number of anilines is 1. The van der Waals surface area contributed by atoms with Crippen molar-refractivity contribution in [2.24, 2.45) is 0 Å². The first-order chi connectivity index (χ1) is 10.0. The van der Waals surface area contributed by atoms with Crippen LogP contribution in [0.3, 0.4) is 0 Å². The maximum Gasteiger partial charge on any atom is 0.259 e. The van der Waals surface area contributed by atoms with Crippen LogP contribution in [-0.2, 0) is 11.3 Å². The average Bonchev–Trinajstić information content (AvgIpc) is 2.41. The lowest BCUT2D eigenvalue weighted by atomic mass is 10.2. The molecule has 1 heterocycles. The van der Waals surface area contributed by atoms with Gasteiger partial charge in [-0.2, -0.15) is 0 Å². The third-order valence-electron chi connectivity index (χ3n) is 2.86. The van der Waals surface area contributed by atoms with Crippen LogP contribution in [0, 0.1) is 6.92 Å². The predicted molar refractivity (Wildman–Crippen MR) is 82.3 cm³/mol. The Hall–Kier alpha value is -2.12. The molecule has 0 radical (unpaired) electrons. The summed E-state index contributed by atoms with van der Waals surface area (Å²) >= 11 is -2.18. The minimum absolute atomic E-state index is 0.225. The highest BCUT2D eigenvalue weighted by molar-refractivity contribution is 7.80.